The van der Waals surface area contributed by atoms with E-state index < -0.39 is 15.8 Å². The average Bonchev–Trinajstić information content (AvgIpc) is 2.82. The molecular weight excluding hydrogens is 313 g/mol. The normalized spacial score (nSPS) is 14.7. The molecule has 0 atom stereocenters. The molecule has 0 amide bonds. The lowest BCUT2D eigenvalue weighted by atomic mass is 10.0. The lowest BCUT2D eigenvalue weighted by Crippen LogP contribution is -2.13. The molecule has 112 valence electrons. The fourth-order valence-corrected chi connectivity index (χ4v) is 4.58. The molecule has 8 heteroatoms. The van der Waals surface area contributed by atoms with Crippen LogP contribution in [0.3, 0.4) is 0 Å². The molecule has 1 aromatic carbocycles. The van der Waals surface area contributed by atoms with Crippen molar-refractivity contribution in [2.24, 2.45) is 0 Å². The van der Waals surface area contributed by atoms with Gasteiger partial charge in [-0.15, -0.1) is 11.3 Å². The summed E-state index contributed by atoms with van der Waals surface area (Å²) in [5.74, 6) is -0.640. The summed E-state index contributed by atoms with van der Waals surface area (Å²) in [6, 6.07) is 3.32. The summed E-state index contributed by atoms with van der Waals surface area (Å²) in [5, 5.41) is 0.352. The van der Waals surface area contributed by atoms with Crippen LogP contribution in [0.25, 0.3) is 0 Å². The quantitative estimate of drug-likeness (QED) is 0.848. The molecule has 0 saturated carbocycles. The van der Waals surface area contributed by atoms with Gasteiger partial charge in [0.15, 0.2) is 5.13 Å². The number of hydrogen-bond acceptors (Lipinski definition) is 5. The maximum atomic E-state index is 13.1. The molecule has 2 aromatic rings. The van der Waals surface area contributed by atoms with Crippen molar-refractivity contribution in [3.63, 3.8) is 0 Å². The fourth-order valence-electron chi connectivity index (χ4n) is 2.26. The first-order chi connectivity index (χ1) is 9.95. The van der Waals surface area contributed by atoms with Gasteiger partial charge in [0.2, 0.25) is 0 Å². The van der Waals surface area contributed by atoms with Crippen LogP contribution in [0.1, 0.15) is 23.4 Å². The van der Waals surface area contributed by atoms with Crippen LogP contribution in [0.2, 0.25) is 0 Å². The van der Waals surface area contributed by atoms with E-state index in [1.807, 2.05) is 0 Å². The number of aromatic nitrogens is 1. The zero-order valence-electron chi connectivity index (χ0n) is 11.1. The van der Waals surface area contributed by atoms with Crippen LogP contribution in [-0.4, -0.2) is 13.4 Å². The molecule has 3 N–H and O–H groups in total. The van der Waals surface area contributed by atoms with E-state index in [9.17, 15) is 12.8 Å². The van der Waals surface area contributed by atoms with Gasteiger partial charge in [0, 0.05) is 4.88 Å². The molecule has 0 radical (unpaired) electrons. The Balaban J connectivity index is 1.88. The van der Waals surface area contributed by atoms with Crippen molar-refractivity contribution >= 4 is 32.2 Å². The molecular formula is C13H14FN3O2S2. The summed E-state index contributed by atoms with van der Waals surface area (Å²) in [5.41, 5.74) is 6.19. The van der Waals surface area contributed by atoms with Crippen LogP contribution in [0.4, 0.5) is 15.2 Å². The first-order valence-electron chi connectivity index (χ1n) is 6.52. The molecule has 0 saturated heterocycles. The summed E-state index contributed by atoms with van der Waals surface area (Å²) in [6.07, 6.45) is 4.02. The van der Waals surface area contributed by atoms with E-state index in [1.165, 1.54) is 17.4 Å². The number of nitrogens with zero attached hydrogens (tertiary/aromatic N) is 1. The molecule has 5 nitrogen and oxygen atoms in total. The molecule has 0 aliphatic heterocycles. The Morgan fingerprint density at radius 3 is 2.76 bits per heavy atom. The van der Waals surface area contributed by atoms with Crippen LogP contribution in [-0.2, 0) is 22.9 Å². The number of nitrogen functional groups attached to an aromatic ring is 1. The number of rotatable bonds is 3. The van der Waals surface area contributed by atoms with E-state index in [4.69, 9.17) is 5.73 Å². The Bertz CT molecular complexity index is 763. The number of hydrogen-bond donors (Lipinski definition) is 2. The van der Waals surface area contributed by atoms with Gasteiger partial charge in [0.05, 0.1) is 16.3 Å². The average molecular weight is 327 g/mol. The topological polar surface area (TPSA) is 85.1 Å². The predicted molar refractivity (Wildman–Crippen MR) is 80.4 cm³/mol. The third kappa shape index (κ3) is 2.86. The lowest BCUT2D eigenvalue weighted by molar-refractivity contribution is 0.600. The first-order valence-corrected chi connectivity index (χ1v) is 8.82. The van der Waals surface area contributed by atoms with E-state index in [0.717, 1.165) is 48.4 Å². The van der Waals surface area contributed by atoms with Crippen molar-refractivity contribution in [2.75, 3.05) is 10.5 Å². The van der Waals surface area contributed by atoms with E-state index in [2.05, 4.69) is 9.71 Å². The van der Waals surface area contributed by atoms with Crippen molar-refractivity contribution in [3.8, 4) is 0 Å². The Morgan fingerprint density at radius 1 is 1.29 bits per heavy atom. The number of fused-ring (bicyclic) bond motifs is 1. The molecule has 21 heavy (non-hydrogen) atoms. The van der Waals surface area contributed by atoms with Gasteiger partial charge in [-0.1, -0.05) is 0 Å². The van der Waals surface area contributed by atoms with Crippen molar-refractivity contribution in [2.45, 2.75) is 30.6 Å². The van der Waals surface area contributed by atoms with Gasteiger partial charge in [0.1, 0.15) is 5.82 Å². The highest BCUT2D eigenvalue weighted by Crippen LogP contribution is 2.31. The van der Waals surface area contributed by atoms with Gasteiger partial charge < -0.3 is 5.73 Å². The Labute approximate surface area is 126 Å². The standard InChI is InChI=1S/C13H14FN3O2S2/c14-9-6-5-8(7-10(9)15)21(18,19)17-13-16-11-3-1-2-4-12(11)20-13/h5-7H,1-4,15H2,(H,16,17). The zero-order valence-corrected chi connectivity index (χ0v) is 12.7. The smallest absolute Gasteiger partial charge is 0.263 e. The van der Waals surface area contributed by atoms with Crippen molar-refractivity contribution in [1.82, 2.24) is 4.98 Å². The summed E-state index contributed by atoms with van der Waals surface area (Å²) in [6.45, 7) is 0. The molecule has 1 heterocycles. The highest BCUT2D eigenvalue weighted by Gasteiger charge is 2.20. The Kier molecular flexibility index (Phi) is 3.58. The highest BCUT2D eigenvalue weighted by molar-refractivity contribution is 7.93. The number of nitrogens with two attached hydrogens (primary N) is 1. The summed E-state index contributed by atoms with van der Waals surface area (Å²) in [7, 11) is -3.80. The number of aryl methyl sites for hydroxylation is 2. The number of thiazole rings is 1. The van der Waals surface area contributed by atoms with Crippen molar-refractivity contribution < 1.29 is 12.8 Å². The molecule has 0 bridgehead atoms. The molecule has 1 aliphatic rings. The number of nitrogens with one attached hydrogen (secondary N) is 1. The number of benzene rings is 1. The molecule has 1 aliphatic carbocycles. The summed E-state index contributed by atoms with van der Waals surface area (Å²) in [4.78, 5) is 5.39. The summed E-state index contributed by atoms with van der Waals surface area (Å²) < 4.78 is 40.1. The van der Waals surface area contributed by atoms with E-state index in [0.29, 0.717) is 5.13 Å². The Hall–Kier alpha value is -1.67. The third-order valence-electron chi connectivity index (χ3n) is 3.35. The van der Waals surface area contributed by atoms with Gasteiger partial charge in [-0.2, -0.15) is 0 Å². The van der Waals surface area contributed by atoms with Crippen molar-refractivity contribution in [3.05, 3.63) is 34.6 Å². The maximum Gasteiger partial charge on any atom is 0.263 e. The number of sulfonamides is 1. The van der Waals surface area contributed by atoms with Gasteiger partial charge in [-0.05, 0) is 43.9 Å². The third-order valence-corrected chi connectivity index (χ3v) is 5.88. The molecule has 0 unspecified atom stereocenters. The largest absolute Gasteiger partial charge is 0.396 e. The van der Waals surface area contributed by atoms with E-state index >= 15 is 0 Å². The van der Waals surface area contributed by atoms with Gasteiger partial charge in [0.25, 0.3) is 10.0 Å². The lowest BCUT2D eigenvalue weighted by Gasteiger charge is -2.06. The second kappa shape index (κ2) is 5.27. The monoisotopic (exact) mass is 327 g/mol. The minimum absolute atomic E-state index is 0.0745. The van der Waals surface area contributed by atoms with Crippen LogP contribution >= 0.6 is 11.3 Å². The molecule has 1 aromatic heterocycles. The maximum absolute atomic E-state index is 13.1. The molecule has 0 spiro atoms. The van der Waals surface area contributed by atoms with Crippen LogP contribution in [0.5, 0.6) is 0 Å². The predicted octanol–water partition coefficient (Wildman–Crippen LogP) is 2.54. The Morgan fingerprint density at radius 2 is 2.05 bits per heavy atom. The minimum atomic E-state index is -3.80. The SMILES string of the molecule is Nc1cc(S(=O)(=O)Nc2nc3c(s2)CCCC3)ccc1F. The van der Waals surface area contributed by atoms with Crippen LogP contribution < -0.4 is 10.5 Å². The fraction of sp³-hybridized carbons (Fsp3) is 0.308. The summed E-state index contributed by atoms with van der Waals surface area (Å²) >= 11 is 1.36. The van der Waals surface area contributed by atoms with Gasteiger partial charge >= 0.3 is 0 Å². The molecule has 3 rings (SSSR count). The van der Waals surface area contributed by atoms with Crippen LogP contribution in [0, 0.1) is 5.82 Å². The highest BCUT2D eigenvalue weighted by atomic mass is 32.2. The van der Waals surface area contributed by atoms with E-state index in [1.54, 1.807) is 0 Å². The number of halogens is 1. The second-order valence-corrected chi connectivity index (χ2v) is 7.65. The van der Waals surface area contributed by atoms with Gasteiger partial charge in [-0.3, -0.25) is 4.72 Å². The second-order valence-electron chi connectivity index (χ2n) is 4.88. The van der Waals surface area contributed by atoms with Crippen LogP contribution in [0.15, 0.2) is 23.1 Å². The van der Waals surface area contributed by atoms with Gasteiger partial charge in [-0.25, -0.2) is 17.8 Å². The van der Waals surface area contributed by atoms with E-state index in [-0.39, 0.29) is 10.6 Å². The zero-order chi connectivity index (χ0) is 15.0. The first kappa shape index (κ1) is 14.3. The number of anilines is 2. The minimum Gasteiger partial charge on any atom is -0.396 e. The van der Waals surface area contributed by atoms with Crippen molar-refractivity contribution in [1.29, 1.82) is 0 Å². The molecule has 0 fully saturated rings.